The van der Waals surface area contributed by atoms with E-state index < -0.39 is 0 Å². The first kappa shape index (κ1) is 9.18. The minimum absolute atomic E-state index is 0.120. The van der Waals surface area contributed by atoms with Crippen molar-refractivity contribution in [2.75, 3.05) is 7.11 Å². The zero-order valence-electron chi connectivity index (χ0n) is 6.93. The van der Waals surface area contributed by atoms with Gasteiger partial charge in [0.05, 0.1) is 13.3 Å². The van der Waals surface area contributed by atoms with E-state index in [0.29, 0.717) is 5.56 Å². The Bertz CT molecular complexity index is 335. The fraction of sp³-hybridized carbons (Fsp3) is 0.125. The average Bonchev–Trinajstić information content (AvgIpc) is 2.11. The van der Waals surface area contributed by atoms with Crippen LogP contribution >= 0.6 is 0 Å². The molecule has 0 atom stereocenters. The van der Waals surface area contributed by atoms with Crippen molar-refractivity contribution < 1.29 is 20.2 Å². The van der Waals surface area contributed by atoms with Crippen molar-refractivity contribution in [2.24, 2.45) is 5.16 Å². The molecule has 0 aliphatic rings. The van der Waals surface area contributed by atoms with Gasteiger partial charge in [-0.3, -0.25) is 0 Å². The van der Waals surface area contributed by atoms with Crippen LogP contribution in [-0.2, 0) is 0 Å². The van der Waals surface area contributed by atoms with Crippen LogP contribution in [0.5, 0.6) is 17.2 Å². The van der Waals surface area contributed by atoms with Gasteiger partial charge in [0, 0.05) is 5.56 Å². The van der Waals surface area contributed by atoms with Crippen LogP contribution in [0.3, 0.4) is 0 Å². The van der Waals surface area contributed by atoms with Gasteiger partial charge in [-0.25, -0.2) is 0 Å². The van der Waals surface area contributed by atoms with Crippen LogP contribution in [0.2, 0.25) is 0 Å². The van der Waals surface area contributed by atoms with Gasteiger partial charge in [-0.05, 0) is 12.1 Å². The first-order valence-corrected chi connectivity index (χ1v) is 3.46. The van der Waals surface area contributed by atoms with Crippen LogP contribution in [0.4, 0.5) is 0 Å². The molecular weight excluding hydrogens is 174 g/mol. The average molecular weight is 183 g/mol. The molecule has 0 saturated carbocycles. The van der Waals surface area contributed by atoms with E-state index in [4.69, 9.17) is 15.1 Å². The molecule has 0 aliphatic carbocycles. The molecule has 13 heavy (non-hydrogen) atoms. The van der Waals surface area contributed by atoms with Gasteiger partial charge in [0.1, 0.15) is 0 Å². The van der Waals surface area contributed by atoms with Crippen LogP contribution in [0, 0.1) is 0 Å². The minimum Gasteiger partial charge on any atom is -0.504 e. The summed E-state index contributed by atoms with van der Waals surface area (Å²) in [5.41, 5.74) is 0.426. The van der Waals surface area contributed by atoms with Crippen molar-refractivity contribution in [1.29, 1.82) is 0 Å². The van der Waals surface area contributed by atoms with Crippen molar-refractivity contribution >= 4 is 6.21 Å². The van der Waals surface area contributed by atoms with Crippen LogP contribution in [0.1, 0.15) is 5.56 Å². The highest BCUT2D eigenvalue weighted by molar-refractivity contribution is 5.81. The van der Waals surface area contributed by atoms with Gasteiger partial charge in [0.15, 0.2) is 11.5 Å². The molecule has 0 radical (unpaired) electrons. The molecule has 0 saturated heterocycles. The molecule has 3 N–H and O–H groups in total. The second-order valence-corrected chi connectivity index (χ2v) is 2.34. The number of benzene rings is 1. The smallest absolute Gasteiger partial charge is 0.200 e. The van der Waals surface area contributed by atoms with Gasteiger partial charge < -0.3 is 20.2 Å². The number of ether oxygens (including phenoxy) is 1. The lowest BCUT2D eigenvalue weighted by Gasteiger charge is -2.05. The Kier molecular flexibility index (Phi) is 2.59. The van der Waals surface area contributed by atoms with Crippen molar-refractivity contribution in [2.45, 2.75) is 0 Å². The van der Waals surface area contributed by atoms with Gasteiger partial charge in [-0.2, -0.15) is 0 Å². The molecule has 0 heterocycles. The summed E-state index contributed by atoms with van der Waals surface area (Å²) in [6.07, 6.45) is 1.11. The summed E-state index contributed by atoms with van der Waals surface area (Å²) in [6.45, 7) is 0. The van der Waals surface area contributed by atoms with Gasteiger partial charge >= 0.3 is 0 Å². The van der Waals surface area contributed by atoms with Crippen LogP contribution in [-0.4, -0.2) is 28.7 Å². The molecule has 0 unspecified atom stereocenters. The normalized spacial score (nSPS) is 10.5. The summed E-state index contributed by atoms with van der Waals surface area (Å²) in [5.74, 6) is -0.540. The summed E-state index contributed by atoms with van der Waals surface area (Å²) >= 11 is 0. The number of hydrogen-bond donors (Lipinski definition) is 3. The molecule has 1 aromatic carbocycles. The van der Waals surface area contributed by atoms with Crippen LogP contribution < -0.4 is 4.74 Å². The van der Waals surface area contributed by atoms with E-state index in [1.54, 1.807) is 0 Å². The van der Waals surface area contributed by atoms with Crippen LogP contribution in [0.25, 0.3) is 0 Å². The van der Waals surface area contributed by atoms with Crippen molar-refractivity contribution in [3.8, 4) is 17.2 Å². The molecule has 0 spiro atoms. The maximum absolute atomic E-state index is 9.21. The summed E-state index contributed by atoms with van der Waals surface area (Å²) in [5, 5.41) is 29.4. The third-order valence-corrected chi connectivity index (χ3v) is 1.50. The van der Waals surface area contributed by atoms with E-state index in [1.807, 2.05) is 0 Å². The predicted octanol–water partition coefficient (Wildman–Crippen LogP) is 0.914. The number of methoxy groups -OCH3 is 1. The zero-order chi connectivity index (χ0) is 9.84. The monoisotopic (exact) mass is 183 g/mol. The Morgan fingerprint density at radius 2 is 2.08 bits per heavy atom. The number of nitrogens with zero attached hydrogens (tertiary/aromatic N) is 1. The van der Waals surface area contributed by atoms with E-state index in [9.17, 15) is 5.11 Å². The number of rotatable bonds is 2. The Labute approximate surface area is 74.5 Å². The fourth-order valence-electron chi connectivity index (χ4n) is 0.911. The lowest BCUT2D eigenvalue weighted by atomic mass is 10.2. The molecule has 0 amide bonds. The third kappa shape index (κ3) is 1.81. The number of phenolic OH excluding ortho intramolecular Hbond substituents is 2. The molecule has 5 nitrogen and oxygen atoms in total. The highest BCUT2D eigenvalue weighted by Crippen LogP contribution is 2.35. The number of hydrogen-bond acceptors (Lipinski definition) is 5. The van der Waals surface area contributed by atoms with Gasteiger partial charge in [0.25, 0.3) is 0 Å². The van der Waals surface area contributed by atoms with Crippen molar-refractivity contribution in [3.63, 3.8) is 0 Å². The summed E-state index contributed by atoms with van der Waals surface area (Å²) < 4.78 is 4.76. The molecule has 1 rings (SSSR count). The largest absolute Gasteiger partial charge is 0.504 e. The summed E-state index contributed by atoms with van der Waals surface area (Å²) in [4.78, 5) is 0. The van der Waals surface area contributed by atoms with Crippen molar-refractivity contribution in [1.82, 2.24) is 0 Å². The van der Waals surface area contributed by atoms with E-state index in [2.05, 4.69) is 5.16 Å². The molecule has 0 aromatic heterocycles. The maximum atomic E-state index is 9.21. The zero-order valence-corrected chi connectivity index (χ0v) is 6.93. The fourth-order valence-corrected chi connectivity index (χ4v) is 0.911. The Morgan fingerprint density at radius 3 is 2.62 bits per heavy atom. The molecule has 1 aromatic rings. The lowest BCUT2D eigenvalue weighted by Crippen LogP contribution is -1.87. The number of oxime groups is 1. The lowest BCUT2D eigenvalue weighted by molar-refractivity contribution is 0.321. The first-order valence-electron chi connectivity index (χ1n) is 3.46. The topological polar surface area (TPSA) is 82.3 Å². The molecule has 0 bridgehead atoms. The van der Waals surface area contributed by atoms with Crippen molar-refractivity contribution in [3.05, 3.63) is 17.7 Å². The molecular formula is C8H9NO4. The maximum Gasteiger partial charge on any atom is 0.200 e. The molecule has 70 valence electrons. The predicted molar refractivity (Wildman–Crippen MR) is 45.7 cm³/mol. The molecule has 5 heteroatoms. The summed E-state index contributed by atoms with van der Waals surface area (Å²) in [6, 6.07) is 2.67. The number of aromatic hydroxyl groups is 2. The standard InChI is InChI=1S/C8H9NO4/c1-13-7-3-5(4-9-12)2-6(10)8(7)11/h2-4,10-12H,1H3. The molecule has 0 fully saturated rings. The second-order valence-electron chi connectivity index (χ2n) is 2.34. The van der Waals surface area contributed by atoms with Gasteiger partial charge in [-0.15, -0.1) is 0 Å². The highest BCUT2D eigenvalue weighted by Gasteiger charge is 2.08. The Hall–Kier alpha value is -1.91. The third-order valence-electron chi connectivity index (χ3n) is 1.50. The van der Waals surface area contributed by atoms with Crippen LogP contribution in [0.15, 0.2) is 17.3 Å². The quantitative estimate of drug-likeness (QED) is 0.275. The SMILES string of the molecule is COc1cc(C=NO)cc(O)c1O. The van der Waals surface area contributed by atoms with E-state index in [-0.39, 0.29) is 17.2 Å². The minimum atomic E-state index is -0.336. The van der Waals surface area contributed by atoms with E-state index in [1.165, 1.54) is 19.2 Å². The second kappa shape index (κ2) is 3.66. The van der Waals surface area contributed by atoms with E-state index in [0.717, 1.165) is 6.21 Å². The van der Waals surface area contributed by atoms with Gasteiger partial charge in [0.2, 0.25) is 5.75 Å². The highest BCUT2D eigenvalue weighted by atomic mass is 16.5. The van der Waals surface area contributed by atoms with Gasteiger partial charge in [-0.1, -0.05) is 5.16 Å². The number of phenols is 2. The molecule has 0 aliphatic heterocycles. The Balaban J connectivity index is 3.21. The van der Waals surface area contributed by atoms with E-state index >= 15 is 0 Å². The summed E-state index contributed by atoms with van der Waals surface area (Å²) in [7, 11) is 1.36. The first-order chi connectivity index (χ1) is 6.19. The Morgan fingerprint density at radius 1 is 1.38 bits per heavy atom.